The summed E-state index contributed by atoms with van der Waals surface area (Å²) in [5, 5.41) is 2.76. The lowest BCUT2D eigenvalue weighted by Gasteiger charge is -2.37. The normalized spacial score (nSPS) is 17.6. The first-order valence-corrected chi connectivity index (χ1v) is 7.64. The zero-order chi connectivity index (χ0) is 15.4. The second-order valence-corrected chi connectivity index (χ2v) is 5.75. The number of halogens is 2. The van der Waals surface area contributed by atoms with Crippen molar-refractivity contribution in [3.05, 3.63) is 29.0 Å². The van der Waals surface area contributed by atoms with Gasteiger partial charge in [-0.25, -0.2) is 9.18 Å². The molecule has 1 fully saturated rings. The van der Waals surface area contributed by atoms with Gasteiger partial charge in [-0.05, 0) is 31.5 Å². The molecule has 1 N–H and O–H groups in total. The largest absolute Gasteiger partial charge is 0.322 e. The summed E-state index contributed by atoms with van der Waals surface area (Å²) in [7, 11) is 0. The van der Waals surface area contributed by atoms with E-state index >= 15 is 0 Å². The van der Waals surface area contributed by atoms with E-state index in [1.165, 1.54) is 18.2 Å². The highest BCUT2D eigenvalue weighted by Crippen LogP contribution is 2.20. The first kappa shape index (κ1) is 16.0. The van der Waals surface area contributed by atoms with Crippen LogP contribution in [0.3, 0.4) is 0 Å². The number of carbonyl (C=O) groups excluding carboxylic acids is 1. The molecular formula is C15H21ClFN3O. The van der Waals surface area contributed by atoms with Crippen molar-refractivity contribution in [1.29, 1.82) is 0 Å². The fraction of sp³-hybridized carbons (Fsp3) is 0.533. The summed E-state index contributed by atoms with van der Waals surface area (Å²) in [6.45, 7) is 7.54. The standard InChI is InChI=1S/C15H21ClFN3O/c1-3-11(2)19-6-8-20(9-7-19)15(21)18-12-4-5-14(17)13(16)10-12/h4-5,10-11H,3,6-9H2,1-2H3,(H,18,21). The number of hydrogen-bond acceptors (Lipinski definition) is 2. The molecule has 0 bridgehead atoms. The molecule has 1 atom stereocenters. The highest BCUT2D eigenvalue weighted by molar-refractivity contribution is 6.31. The summed E-state index contributed by atoms with van der Waals surface area (Å²) >= 11 is 5.71. The average molecular weight is 314 g/mol. The van der Waals surface area contributed by atoms with E-state index in [4.69, 9.17) is 11.6 Å². The summed E-state index contributed by atoms with van der Waals surface area (Å²) in [4.78, 5) is 16.3. The maximum absolute atomic E-state index is 13.1. The molecule has 1 aliphatic rings. The first-order valence-electron chi connectivity index (χ1n) is 7.26. The molecule has 0 spiro atoms. The predicted octanol–water partition coefficient (Wildman–Crippen LogP) is 3.43. The fourth-order valence-corrected chi connectivity index (χ4v) is 2.58. The van der Waals surface area contributed by atoms with Gasteiger partial charge in [0.15, 0.2) is 0 Å². The minimum absolute atomic E-state index is 0.00869. The number of anilines is 1. The SMILES string of the molecule is CCC(C)N1CCN(C(=O)Nc2ccc(F)c(Cl)c2)CC1. The molecule has 1 unspecified atom stereocenters. The van der Waals surface area contributed by atoms with Gasteiger partial charge in [-0.15, -0.1) is 0 Å². The van der Waals surface area contributed by atoms with Crippen molar-refractivity contribution in [2.24, 2.45) is 0 Å². The first-order chi connectivity index (χ1) is 10.0. The molecule has 2 rings (SSSR count). The Morgan fingerprint density at radius 1 is 1.38 bits per heavy atom. The van der Waals surface area contributed by atoms with Gasteiger partial charge in [-0.2, -0.15) is 0 Å². The fourth-order valence-electron chi connectivity index (χ4n) is 2.40. The van der Waals surface area contributed by atoms with Gasteiger partial charge in [0.05, 0.1) is 5.02 Å². The quantitative estimate of drug-likeness (QED) is 0.928. The molecule has 21 heavy (non-hydrogen) atoms. The molecule has 1 aromatic rings. The minimum Gasteiger partial charge on any atom is -0.322 e. The monoisotopic (exact) mass is 313 g/mol. The van der Waals surface area contributed by atoms with Gasteiger partial charge in [0.1, 0.15) is 5.82 Å². The number of piperazine rings is 1. The van der Waals surface area contributed by atoms with E-state index in [0.717, 1.165) is 19.5 Å². The van der Waals surface area contributed by atoms with Gasteiger partial charge in [0.25, 0.3) is 0 Å². The minimum atomic E-state index is -0.489. The van der Waals surface area contributed by atoms with Crippen molar-refractivity contribution >= 4 is 23.3 Å². The molecule has 1 saturated heterocycles. The summed E-state index contributed by atoms with van der Waals surface area (Å²) in [6, 6.07) is 4.56. The second-order valence-electron chi connectivity index (χ2n) is 5.34. The molecule has 6 heteroatoms. The molecule has 0 saturated carbocycles. The molecule has 4 nitrogen and oxygen atoms in total. The number of nitrogens with one attached hydrogen (secondary N) is 1. The van der Waals surface area contributed by atoms with Gasteiger partial charge >= 0.3 is 6.03 Å². The topological polar surface area (TPSA) is 35.6 Å². The van der Waals surface area contributed by atoms with Gasteiger partial charge in [0, 0.05) is 37.9 Å². The van der Waals surface area contributed by atoms with Crippen LogP contribution in [0.25, 0.3) is 0 Å². The van der Waals surface area contributed by atoms with Crippen LogP contribution in [-0.2, 0) is 0 Å². The molecule has 0 radical (unpaired) electrons. The van der Waals surface area contributed by atoms with E-state index in [-0.39, 0.29) is 11.1 Å². The van der Waals surface area contributed by atoms with Crippen LogP contribution in [0.5, 0.6) is 0 Å². The Kier molecular flexibility index (Phi) is 5.42. The van der Waals surface area contributed by atoms with Crippen LogP contribution in [0.15, 0.2) is 18.2 Å². The van der Waals surface area contributed by atoms with Crippen molar-refractivity contribution in [2.75, 3.05) is 31.5 Å². The van der Waals surface area contributed by atoms with Crippen LogP contribution >= 0.6 is 11.6 Å². The number of urea groups is 1. The Morgan fingerprint density at radius 3 is 2.62 bits per heavy atom. The van der Waals surface area contributed by atoms with Crippen LogP contribution in [0.2, 0.25) is 5.02 Å². The third-order valence-electron chi connectivity index (χ3n) is 3.99. The Morgan fingerprint density at radius 2 is 2.05 bits per heavy atom. The number of amides is 2. The average Bonchev–Trinajstić information content (AvgIpc) is 2.50. The maximum atomic E-state index is 13.1. The van der Waals surface area contributed by atoms with E-state index in [2.05, 4.69) is 24.1 Å². The molecule has 1 aliphatic heterocycles. The highest BCUT2D eigenvalue weighted by Gasteiger charge is 2.23. The second kappa shape index (κ2) is 7.09. The highest BCUT2D eigenvalue weighted by atomic mass is 35.5. The molecule has 1 heterocycles. The van der Waals surface area contributed by atoms with E-state index in [9.17, 15) is 9.18 Å². The Bertz CT molecular complexity index is 504. The number of nitrogens with zero attached hydrogens (tertiary/aromatic N) is 2. The third kappa shape index (κ3) is 4.08. The molecule has 116 valence electrons. The van der Waals surface area contributed by atoms with Gasteiger partial charge in [0.2, 0.25) is 0 Å². The summed E-state index contributed by atoms with van der Waals surface area (Å²) in [5.74, 6) is -0.489. The predicted molar refractivity (Wildman–Crippen MR) is 83.3 cm³/mol. The van der Waals surface area contributed by atoms with Crippen LogP contribution < -0.4 is 5.32 Å². The van der Waals surface area contributed by atoms with Gasteiger partial charge in [-0.3, -0.25) is 4.90 Å². The van der Waals surface area contributed by atoms with Crippen molar-refractivity contribution in [3.63, 3.8) is 0 Å². The van der Waals surface area contributed by atoms with E-state index in [1.54, 1.807) is 4.90 Å². The molecular weight excluding hydrogens is 293 g/mol. The summed E-state index contributed by atoms with van der Waals surface area (Å²) in [6.07, 6.45) is 1.11. The van der Waals surface area contributed by atoms with E-state index in [0.29, 0.717) is 24.8 Å². The molecule has 0 aliphatic carbocycles. The van der Waals surface area contributed by atoms with Crippen LogP contribution in [0, 0.1) is 5.82 Å². The lowest BCUT2D eigenvalue weighted by Crippen LogP contribution is -2.52. The van der Waals surface area contributed by atoms with Crippen molar-refractivity contribution in [2.45, 2.75) is 26.3 Å². The van der Waals surface area contributed by atoms with Crippen LogP contribution in [0.1, 0.15) is 20.3 Å². The van der Waals surface area contributed by atoms with E-state index in [1.807, 2.05) is 0 Å². The van der Waals surface area contributed by atoms with E-state index < -0.39 is 5.82 Å². The molecule has 0 aromatic heterocycles. The van der Waals surface area contributed by atoms with Crippen LogP contribution in [-0.4, -0.2) is 48.1 Å². The number of hydrogen-bond donors (Lipinski definition) is 1. The summed E-state index contributed by atoms with van der Waals surface area (Å²) in [5.41, 5.74) is 0.510. The Hall–Kier alpha value is -1.33. The van der Waals surface area contributed by atoms with Crippen molar-refractivity contribution in [3.8, 4) is 0 Å². The summed E-state index contributed by atoms with van der Waals surface area (Å²) < 4.78 is 13.1. The molecule has 1 aromatic carbocycles. The van der Waals surface area contributed by atoms with Gasteiger partial charge in [-0.1, -0.05) is 18.5 Å². The van der Waals surface area contributed by atoms with Crippen molar-refractivity contribution in [1.82, 2.24) is 9.80 Å². The Labute approximate surface area is 129 Å². The zero-order valence-electron chi connectivity index (χ0n) is 12.4. The smallest absolute Gasteiger partial charge is 0.321 e. The van der Waals surface area contributed by atoms with Crippen molar-refractivity contribution < 1.29 is 9.18 Å². The van der Waals surface area contributed by atoms with Crippen LogP contribution in [0.4, 0.5) is 14.9 Å². The zero-order valence-corrected chi connectivity index (χ0v) is 13.2. The maximum Gasteiger partial charge on any atom is 0.321 e. The number of benzene rings is 1. The van der Waals surface area contributed by atoms with Gasteiger partial charge < -0.3 is 10.2 Å². The Balaban J connectivity index is 1.88. The number of carbonyl (C=O) groups is 1. The number of rotatable bonds is 3. The third-order valence-corrected chi connectivity index (χ3v) is 4.28. The lowest BCUT2D eigenvalue weighted by atomic mass is 10.2. The molecule has 2 amide bonds. The lowest BCUT2D eigenvalue weighted by molar-refractivity contribution is 0.117.